The molecular weight excluding hydrogens is 308 g/mol. The van der Waals surface area contributed by atoms with E-state index in [1.165, 1.54) is 5.56 Å². The van der Waals surface area contributed by atoms with E-state index in [9.17, 15) is 4.79 Å². The summed E-state index contributed by atoms with van der Waals surface area (Å²) in [6, 6.07) is 6.16. The van der Waals surface area contributed by atoms with E-state index in [2.05, 4.69) is 22.0 Å². The van der Waals surface area contributed by atoms with Crippen molar-refractivity contribution in [1.82, 2.24) is 4.57 Å². The summed E-state index contributed by atoms with van der Waals surface area (Å²) >= 11 is 3.53. The number of hydrogen-bond donors (Lipinski definition) is 2. The zero-order valence-electron chi connectivity index (χ0n) is 10.4. The Morgan fingerprint density at radius 3 is 3.05 bits per heavy atom. The first kappa shape index (κ1) is 12.7. The highest BCUT2D eigenvalue weighted by atomic mass is 79.9. The van der Waals surface area contributed by atoms with E-state index in [4.69, 9.17) is 10.8 Å². The average Bonchev–Trinajstić information content (AvgIpc) is 2.64. The fourth-order valence-corrected chi connectivity index (χ4v) is 3.58. The number of carboxylic acids is 1. The number of rotatable bonds is 2. The van der Waals surface area contributed by atoms with Crippen molar-refractivity contribution in [3.8, 4) is 0 Å². The van der Waals surface area contributed by atoms with Crippen molar-refractivity contribution in [1.29, 1.82) is 0 Å². The predicted molar refractivity (Wildman–Crippen MR) is 77.3 cm³/mol. The smallest absolute Gasteiger partial charge is 0.323 e. The van der Waals surface area contributed by atoms with Crippen LogP contribution in [0.25, 0.3) is 10.9 Å². The highest BCUT2D eigenvalue weighted by Gasteiger charge is 2.25. The fraction of sp³-hybridized carbons (Fsp3) is 0.357. The van der Waals surface area contributed by atoms with E-state index in [1.807, 2.05) is 16.7 Å². The fourth-order valence-electron chi connectivity index (χ4n) is 3.00. The molecule has 3 rings (SSSR count). The van der Waals surface area contributed by atoms with Crippen molar-refractivity contribution in [3.63, 3.8) is 0 Å². The van der Waals surface area contributed by atoms with E-state index >= 15 is 0 Å². The Kier molecular flexibility index (Phi) is 3.11. The van der Waals surface area contributed by atoms with Crippen molar-refractivity contribution >= 4 is 32.8 Å². The van der Waals surface area contributed by atoms with Gasteiger partial charge in [0.05, 0.1) is 5.52 Å². The van der Waals surface area contributed by atoms with Crippen LogP contribution in [0, 0.1) is 0 Å². The molecule has 1 aromatic carbocycles. The van der Waals surface area contributed by atoms with Gasteiger partial charge in [0.15, 0.2) is 0 Å². The lowest BCUT2D eigenvalue weighted by molar-refractivity contribution is -0.137. The van der Waals surface area contributed by atoms with E-state index in [1.54, 1.807) is 0 Å². The number of hydrogen-bond acceptors (Lipinski definition) is 2. The second-order valence-electron chi connectivity index (χ2n) is 5.04. The molecule has 0 spiro atoms. The van der Waals surface area contributed by atoms with Gasteiger partial charge in [0.2, 0.25) is 0 Å². The molecule has 1 atom stereocenters. The monoisotopic (exact) mass is 322 g/mol. The second kappa shape index (κ2) is 4.65. The first-order valence-corrected chi connectivity index (χ1v) is 7.13. The standard InChI is InChI=1S/C14H15BrN2O2/c15-11-3-1-2-9-10-6-8(16)4-5-12(10)17(14(9)11)7-13(18)19/h1-3,8H,4-7,16H2,(H,18,19). The number of aromatic nitrogens is 1. The summed E-state index contributed by atoms with van der Waals surface area (Å²) < 4.78 is 2.86. The molecule has 100 valence electrons. The molecule has 0 fully saturated rings. The van der Waals surface area contributed by atoms with Crippen molar-refractivity contribution in [2.24, 2.45) is 5.73 Å². The first-order valence-electron chi connectivity index (χ1n) is 6.33. The number of carbonyl (C=O) groups is 1. The van der Waals surface area contributed by atoms with Gasteiger partial charge < -0.3 is 15.4 Å². The van der Waals surface area contributed by atoms with Gasteiger partial charge in [-0.2, -0.15) is 0 Å². The summed E-state index contributed by atoms with van der Waals surface area (Å²) in [7, 11) is 0. The lowest BCUT2D eigenvalue weighted by Gasteiger charge is -2.20. The molecule has 0 aliphatic heterocycles. The van der Waals surface area contributed by atoms with Crippen LogP contribution in [0.1, 0.15) is 17.7 Å². The second-order valence-corrected chi connectivity index (χ2v) is 5.90. The third kappa shape index (κ3) is 2.07. The van der Waals surface area contributed by atoms with E-state index in [0.717, 1.165) is 40.3 Å². The molecule has 0 radical (unpaired) electrons. The van der Waals surface area contributed by atoms with E-state index in [0.29, 0.717) is 0 Å². The maximum Gasteiger partial charge on any atom is 0.323 e. The van der Waals surface area contributed by atoms with Crippen molar-refractivity contribution < 1.29 is 9.90 Å². The Bertz CT molecular complexity index is 663. The van der Waals surface area contributed by atoms with Crippen LogP contribution in [0.3, 0.4) is 0 Å². The lowest BCUT2D eigenvalue weighted by atomic mass is 9.92. The number of halogens is 1. The van der Waals surface area contributed by atoms with Gasteiger partial charge in [-0.3, -0.25) is 4.79 Å². The van der Waals surface area contributed by atoms with Gasteiger partial charge in [-0.25, -0.2) is 0 Å². The molecule has 0 bridgehead atoms. The van der Waals surface area contributed by atoms with Gasteiger partial charge in [-0.15, -0.1) is 0 Å². The Labute approximate surface area is 119 Å². The third-order valence-corrected chi connectivity index (χ3v) is 4.41. The molecule has 1 unspecified atom stereocenters. The Hall–Kier alpha value is -1.33. The maximum absolute atomic E-state index is 11.1. The van der Waals surface area contributed by atoms with Crippen molar-refractivity contribution in [2.75, 3.05) is 0 Å². The van der Waals surface area contributed by atoms with Crippen molar-refractivity contribution in [2.45, 2.75) is 31.8 Å². The number of nitrogens with two attached hydrogens (primary N) is 1. The zero-order chi connectivity index (χ0) is 13.6. The molecule has 19 heavy (non-hydrogen) atoms. The van der Waals surface area contributed by atoms with Gasteiger partial charge in [0.25, 0.3) is 0 Å². The molecule has 0 amide bonds. The van der Waals surface area contributed by atoms with Crippen LogP contribution < -0.4 is 5.73 Å². The minimum atomic E-state index is -0.815. The van der Waals surface area contributed by atoms with Crippen LogP contribution >= 0.6 is 15.9 Å². The van der Waals surface area contributed by atoms with Crippen LogP contribution in [0.2, 0.25) is 0 Å². The van der Waals surface area contributed by atoms with E-state index in [-0.39, 0.29) is 12.6 Å². The summed E-state index contributed by atoms with van der Waals surface area (Å²) in [5.74, 6) is -0.815. The van der Waals surface area contributed by atoms with Gasteiger partial charge in [-0.05, 0) is 46.8 Å². The van der Waals surface area contributed by atoms with Gasteiger partial charge in [-0.1, -0.05) is 12.1 Å². The normalized spacial score (nSPS) is 18.5. The van der Waals surface area contributed by atoms with Crippen LogP contribution in [0.4, 0.5) is 0 Å². The Morgan fingerprint density at radius 2 is 2.32 bits per heavy atom. The van der Waals surface area contributed by atoms with Crippen molar-refractivity contribution in [3.05, 3.63) is 33.9 Å². The number of nitrogens with zero attached hydrogens (tertiary/aromatic N) is 1. The van der Waals surface area contributed by atoms with Crippen LogP contribution in [-0.2, 0) is 24.2 Å². The predicted octanol–water partition coefficient (Wildman–Crippen LogP) is 2.30. The summed E-state index contributed by atoms with van der Waals surface area (Å²) in [5.41, 5.74) is 9.38. The van der Waals surface area contributed by atoms with Gasteiger partial charge >= 0.3 is 5.97 Å². The Balaban J connectivity index is 2.30. The maximum atomic E-state index is 11.1. The first-order chi connectivity index (χ1) is 9.08. The minimum absolute atomic E-state index is 0.00366. The molecule has 3 N–H and O–H groups in total. The lowest BCUT2D eigenvalue weighted by Crippen LogP contribution is -2.28. The van der Waals surface area contributed by atoms with Gasteiger partial charge in [0, 0.05) is 21.6 Å². The molecule has 0 saturated carbocycles. The SMILES string of the molecule is NC1CCc2c(c3cccc(Br)c3n2CC(=O)O)C1. The summed E-state index contributed by atoms with van der Waals surface area (Å²) in [5, 5.41) is 10.3. The molecule has 1 heterocycles. The summed E-state index contributed by atoms with van der Waals surface area (Å²) in [6.07, 6.45) is 2.60. The number of carboxylic acid groups (broad SMARTS) is 1. The number of para-hydroxylation sites is 1. The molecule has 1 aliphatic carbocycles. The minimum Gasteiger partial charge on any atom is -0.480 e. The van der Waals surface area contributed by atoms with Crippen LogP contribution in [0.15, 0.2) is 22.7 Å². The highest BCUT2D eigenvalue weighted by molar-refractivity contribution is 9.10. The average molecular weight is 323 g/mol. The van der Waals surface area contributed by atoms with Crippen LogP contribution in [0.5, 0.6) is 0 Å². The molecule has 4 nitrogen and oxygen atoms in total. The summed E-state index contributed by atoms with van der Waals surface area (Å²) in [4.78, 5) is 11.1. The molecule has 1 aliphatic rings. The quantitative estimate of drug-likeness (QED) is 0.891. The topological polar surface area (TPSA) is 68.2 Å². The van der Waals surface area contributed by atoms with Crippen LogP contribution in [-0.4, -0.2) is 21.7 Å². The molecule has 5 heteroatoms. The third-order valence-electron chi connectivity index (χ3n) is 3.77. The summed E-state index contributed by atoms with van der Waals surface area (Å²) in [6.45, 7) is 0.00366. The Morgan fingerprint density at radius 1 is 1.53 bits per heavy atom. The number of fused-ring (bicyclic) bond motifs is 3. The van der Waals surface area contributed by atoms with E-state index < -0.39 is 5.97 Å². The molecule has 1 aromatic heterocycles. The zero-order valence-corrected chi connectivity index (χ0v) is 12.0. The highest BCUT2D eigenvalue weighted by Crippen LogP contribution is 2.35. The number of benzene rings is 1. The molecule has 2 aromatic rings. The molecular formula is C14H15BrN2O2. The largest absolute Gasteiger partial charge is 0.480 e. The molecule has 0 saturated heterocycles. The van der Waals surface area contributed by atoms with Gasteiger partial charge in [0.1, 0.15) is 6.54 Å². The number of aliphatic carboxylic acids is 1.